The zero-order valence-corrected chi connectivity index (χ0v) is 14.6. The Bertz CT molecular complexity index is 638. The number of nitrogen functional groups attached to an aromatic ring is 1. The quantitative estimate of drug-likeness (QED) is 0.716. The normalized spacial score (nSPS) is 10.6. The van der Waals surface area contributed by atoms with Gasteiger partial charge >= 0.3 is 0 Å². The lowest BCUT2D eigenvalue weighted by atomic mass is 10.0. The van der Waals surface area contributed by atoms with Crippen LogP contribution in [-0.4, -0.2) is 47.6 Å². The van der Waals surface area contributed by atoms with E-state index < -0.39 is 0 Å². The number of methoxy groups -OCH3 is 3. The minimum atomic E-state index is 0.644. The fourth-order valence-electron chi connectivity index (χ4n) is 2.61. The van der Waals surface area contributed by atoms with E-state index in [4.69, 9.17) is 19.9 Å². The summed E-state index contributed by atoms with van der Waals surface area (Å²) in [6.07, 6.45) is 0. The first-order chi connectivity index (χ1) is 11.7. The van der Waals surface area contributed by atoms with Crippen molar-refractivity contribution >= 4 is 11.4 Å². The van der Waals surface area contributed by atoms with Gasteiger partial charge in [0.05, 0.1) is 20.3 Å². The predicted molar refractivity (Wildman–Crippen MR) is 98.8 cm³/mol. The van der Waals surface area contributed by atoms with Gasteiger partial charge in [0.15, 0.2) is 0 Å². The molecule has 2 rings (SSSR count). The van der Waals surface area contributed by atoms with E-state index >= 15 is 0 Å². The highest BCUT2D eigenvalue weighted by molar-refractivity contribution is 5.82. The van der Waals surface area contributed by atoms with Gasteiger partial charge in [0.2, 0.25) is 0 Å². The highest BCUT2D eigenvalue weighted by Gasteiger charge is 2.13. The smallest absolute Gasteiger partial charge is 0.119 e. The summed E-state index contributed by atoms with van der Waals surface area (Å²) in [6, 6.07) is 14.0. The van der Waals surface area contributed by atoms with E-state index in [0.717, 1.165) is 41.3 Å². The van der Waals surface area contributed by atoms with E-state index in [1.54, 1.807) is 21.3 Å². The van der Waals surface area contributed by atoms with Crippen LogP contribution in [0.25, 0.3) is 11.1 Å². The van der Waals surface area contributed by atoms with Crippen LogP contribution in [0.1, 0.15) is 0 Å². The minimum absolute atomic E-state index is 0.644. The van der Waals surface area contributed by atoms with Gasteiger partial charge in [-0.2, -0.15) is 0 Å². The van der Waals surface area contributed by atoms with Crippen LogP contribution in [0.4, 0.5) is 11.4 Å². The maximum Gasteiger partial charge on any atom is 0.119 e. The lowest BCUT2D eigenvalue weighted by Crippen LogP contribution is -2.31. The molecule has 0 aliphatic carbocycles. The largest absolute Gasteiger partial charge is 0.497 e. The highest BCUT2D eigenvalue weighted by Crippen LogP contribution is 2.34. The number of anilines is 2. The van der Waals surface area contributed by atoms with E-state index in [-0.39, 0.29) is 0 Å². The van der Waals surface area contributed by atoms with Crippen LogP contribution in [0.2, 0.25) is 0 Å². The second kappa shape index (κ2) is 9.15. The van der Waals surface area contributed by atoms with Crippen LogP contribution in [0, 0.1) is 0 Å². The molecule has 0 atom stereocenters. The van der Waals surface area contributed by atoms with Crippen LogP contribution in [0.3, 0.4) is 0 Å². The molecule has 0 aliphatic rings. The molecular weight excluding hydrogens is 304 g/mol. The SMILES string of the molecule is COCCN(CCOC)c1ccc(N)cc1-c1cccc(OC)c1. The van der Waals surface area contributed by atoms with Gasteiger partial charge in [0, 0.05) is 44.2 Å². The van der Waals surface area contributed by atoms with Crippen LogP contribution in [-0.2, 0) is 9.47 Å². The number of hydrogen-bond donors (Lipinski definition) is 1. The van der Waals surface area contributed by atoms with Gasteiger partial charge in [0.25, 0.3) is 0 Å². The number of benzene rings is 2. The maximum atomic E-state index is 6.04. The minimum Gasteiger partial charge on any atom is -0.497 e. The number of hydrogen-bond acceptors (Lipinski definition) is 5. The molecule has 24 heavy (non-hydrogen) atoms. The molecule has 2 N–H and O–H groups in total. The van der Waals surface area contributed by atoms with Gasteiger partial charge < -0.3 is 24.8 Å². The molecule has 0 saturated carbocycles. The Morgan fingerprint density at radius 1 is 0.917 bits per heavy atom. The highest BCUT2D eigenvalue weighted by atomic mass is 16.5. The van der Waals surface area contributed by atoms with Gasteiger partial charge in [-0.1, -0.05) is 12.1 Å². The molecule has 0 aromatic heterocycles. The Morgan fingerprint density at radius 2 is 1.62 bits per heavy atom. The van der Waals surface area contributed by atoms with E-state index in [0.29, 0.717) is 13.2 Å². The second-order valence-electron chi connectivity index (χ2n) is 5.48. The van der Waals surface area contributed by atoms with Crippen molar-refractivity contribution < 1.29 is 14.2 Å². The molecule has 0 saturated heterocycles. The first-order valence-electron chi connectivity index (χ1n) is 7.96. The number of rotatable bonds is 9. The Labute approximate surface area is 143 Å². The molecule has 0 unspecified atom stereocenters. The molecule has 2 aromatic rings. The summed E-state index contributed by atoms with van der Waals surface area (Å²) in [5, 5.41) is 0. The maximum absolute atomic E-state index is 6.04. The van der Waals surface area contributed by atoms with Gasteiger partial charge in [0.1, 0.15) is 5.75 Å². The Morgan fingerprint density at radius 3 is 2.25 bits per heavy atom. The molecule has 2 aromatic carbocycles. The van der Waals surface area contributed by atoms with Gasteiger partial charge in [-0.25, -0.2) is 0 Å². The van der Waals surface area contributed by atoms with Crippen molar-refractivity contribution in [1.29, 1.82) is 0 Å². The predicted octanol–water partition coefficient (Wildman–Crippen LogP) is 3.04. The summed E-state index contributed by atoms with van der Waals surface area (Å²) in [6.45, 7) is 2.85. The summed E-state index contributed by atoms with van der Waals surface area (Å²) >= 11 is 0. The molecule has 0 heterocycles. The molecule has 0 spiro atoms. The summed E-state index contributed by atoms with van der Waals surface area (Å²) in [5.74, 6) is 0.821. The Hall–Kier alpha value is -2.24. The third-order valence-corrected chi connectivity index (χ3v) is 3.87. The molecule has 0 amide bonds. The lowest BCUT2D eigenvalue weighted by Gasteiger charge is -2.27. The van der Waals surface area contributed by atoms with Crippen molar-refractivity contribution in [2.75, 3.05) is 58.3 Å². The monoisotopic (exact) mass is 330 g/mol. The zero-order chi connectivity index (χ0) is 17.4. The average molecular weight is 330 g/mol. The molecular formula is C19H26N2O3. The molecule has 0 bridgehead atoms. The third-order valence-electron chi connectivity index (χ3n) is 3.87. The van der Waals surface area contributed by atoms with Crippen molar-refractivity contribution in [2.45, 2.75) is 0 Å². The first kappa shape index (κ1) is 18.1. The lowest BCUT2D eigenvalue weighted by molar-refractivity contribution is 0.190. The topological polar surface area (TPSA) is 57.0 Å². The zero-order valence-electron chi connectivity index (χ0n) is 14.6. The van der Waals surface area contributed by atoms with Crippen molar-refractivity contribution in [2.24, 2.45) is 0 Å². The summed E-state index contributed by atoms with van der Waals surface area (Å²) in [5.41, 5.74) is 10.0. The fraction of sp³-hybridized carbons (Fsp3) is 0.368. The van der Waals surface area contributed by atoms with Gasteiger partial charge in [-0.15, -0.1) is 0 Å². The summed E-state index contributed by atoms with van der Waals surface area (Å²) in [4.78, 5) is 2.25. The summed E-state index contributed by atoms with van der Waals surface area (Å²) < 4.78 is 15.9. The van der Waals surface area contributed by atoms with E-state index in [1.807, 2.05) is 30.3 Å². The van der Waals surface area contributed by atoms with Crippen molar-refractivity contribution in [3.63, 3.8) is 0 Å². The number of nitrogens with two attached hydrogens (primary N) is 1. The van der Waals surface area contributed by atoms with Crippen LogP contribution in [0.5, 0.6) is 5.75 Å². The standard InChI is InChI=1S/C19H26N2O3/c1-22-11-9-21(10-12-23-2)19-8-7-16(20)14-18(19)15-5-4-6-17(13-15)24-3/h4-8,13-14H,9-12,20H2,1-3H3. The van der Waals surface area contributed by atoms with E-state index in [1.165, 1.54) is 0 Å². The van der Waals surface area contributed by atoms with Crippen molar-refractivity contribution in [3.05, 3.63) is 42.5 Å². The van der Waals surface area contributed by atoms with Crippen LogP contribution in [0.15, 0.2) is 42.5 Å². The Balaban J connectivity index is 2.43. The molecule has 0 fully saturated rings. The second-order valence-corrected chi connectivity index (χ2v) is 5.48. The Kier molecular flexibility index (Phi) is 6.90. The van der Waals surface area contributed by atoms with Crippen molar-refractivity contribution in [1.82, 2.24) is 0 Å². The third kappa shape index (κ3) is 4.63. The van der Waals surface area contributed by atoms with Gasteiger partial charge in [-0.05, 0) is 35.9 Å². The number of nitrogens with zero attached hydrogens (tertiary/aromatic N) is 1. The van der Waals surface area contributed by atoms with Gasteiger partial charge in [-0.3, -0.25) is 0 Å². The molecule has 0 radical (unpaired) electrons. The molecule has 5 heteroatoms. The van der Waals surface area contributed by atoms with Crippen molar-refractivity contribution in [3.8, 4) is 16.9 Å². The molecule has 0 aliphatic heterocycles. The molecule has 5 nitrogen and oxygen atoms in total. The van der Waals surface area contributed by atoms with Crippen LogP contribution < -0.4 is 15.4 Å². The van der Waals surface area contributed by atoms with Crippen LogP contribution >= 0.6 is 0 Å². The fourth-order valence-corrected chi connectivity index (χ4v) is 2.61. The van der Waals surface area contributed by atoms with E-state index in [9.17, 15) is 0 Å². The summed E-state index contributed by atoms with van der Waals surface area (Å²) in [7, 11) is 5.09. The molecule has 130 valence electrons. The number of ether oxygens (including phenoxy) is 3. The average Bonchev–Trinajstić information content (AvgIpc) is 2.62. The first-order valence-corrected chi connectivity index (χ1v) is 7.96. The van der Waals surface area contributed by atoms with E-state index in [2.05, 4.69) is 17.0 Å².